The van der Waals surface area contributed by atoms with Gasteiger partial charge in [-0.25, -0.2) is 0 Å². The van der Waals surface area contributed by atoms with Gasteiger partial charge in [-0.05, 0) is 83.5 Å². The number of hydrogen-bond donors (Lipinski definition) is 0. The summed E-state index contributed by atoms with van der Waals surface area (Å²) in [5.74, 6) is -0.887. The first-order chi connectivity index (χ1) is 39.5. The van der Waals surface area contributed by atoms with E-state index in [2.05, 4.69) is 81.5 Å². The van der Waals surface area contributed by atoms with E-state index in [1.165, 1.54) is 244 Å². The largest absolute Gasteiger partial charge is 0.462 e. The summed E-state index contributed by atoms with van der Waals surface area (Å²) in [5, 5.41) is 0. The minimum atomic E-state index is -0.783. The molecule has 0 fully saturated rings. The first kappa shape index (κ1) is 77.1. The molecule has 0 aliphatic heterocycles. The summed E-state index contributed by atoms with van der Waals surface area (Å²) in [4.78, 5) is 38.3. The van der Waals surface area contributed by atoms with Gasteiger partial charge >= 0.3 is 17.9 Å². The van der Waals surface area contributed by atoms with Crippen molar-refractivity contribution in [3.63, 3.8) is 0 Å². The molecule has 0 aromatic carbocycles. The lowest BCUT2D eigenvalue weighted by atomic mass is 10.0. The lowest BCUT2D eigenvalue weighted by Gasteiger charge is -2.18. The van der Waals surface area contributed by atoms with Crippen LogP contribution in [0, 0.1) is 0 Å². The van der Waals surface area contributed by atoms with Crippen LogP contribution < -0.4 is 0 Å². The Kier molecular flexibility index (Phi) is 66.1. The van der Waals surface area contributed by atoms with Crippen molar-refractivity contribution >= 4 is 17.9 Å². The number of allylic oxidation sites excluding steroid dienone is 10. The van der Waals surface area contributed by atoms with Crippen molar-refractivity contribution in [3.05, 3.63) is 60.8 Å². The topological polar surface area (TPSA) is 78.9 Å². The Morgan fingerprint density at radius 3 is 0.775 bits per heavy atom. The Morgan fingerprint density at radius 2 is 0.487 bits per heavy atom. The van der Waals surface area contributed by atoms with E-state index in [1.807, 2.05) is 0 Å². The highest BCUT2D eigenvalue weighted by Gasteiger charge is 2.19. The van der Waals surface area contributed by atoms with E-state index < -0.39 is 6.10 Å². The molecule has 0 bridgehead atoms. The Balaban J connectivity index is 4.05. The molecule has 0 heterocycles. The SMILES string of the molecule is CC/C=C\C/C=C\C/C=C\CCCCCC(=O)OCC(COC(=O)CCCCCCCCCCCCCCCCCCCCCCCCC/C=C\C/C=C\CCCCCCC)OC(=O)CCCCCCCCCCCCCCCC. The molecule has 0 spiro atoms. The quantitative estimate of drug-likeness (QED) is 0.0261. The van der Waals surface area contributed by atoms with Crippen LogP contribution in [0.3, 0.4) is 0 Å². The zero-order chi connectivity index (χ0) is 57.8. The predicted octanol–water partition coefficient (Wildman–Crippen LogP) is 24.3. The average molecular weight is 1120 g/mol. The van der Waals surface area contributed by atoms with E-state index in [4.69, 9.17) is 14.2 Å². The molecule has 0 aromatic heterocycles. The van der Waals surface area contributed by atoms with Crippen LogP contribution >= 0.6 is 0 Å². The van der Waals surface area contributed by atoms with E-state index in [1.54, 1.807) is 0 Å². The van der Waals surface area contributed by atoms with Crippen molar-refractivity contribution in [3.8, 4) is 0 Å². The molecule has 0 amide bonds. The van der Waals surface area contributed by atoms with Crippen LogP contribution in [-0.4, -0.2) is 37.2 Å². The lowest BCUT2D eigenvalue weighted by molar-refractivity contribution is -0.167. The van der Waals surface area contributed by atoms with Crippen LogP contribution in [0.1, 0.15) is 374 Å². The zero-order valence-electron chi connectivity index (χ0n) is 53.6. The maximum atomic E-state index is 12.9. The van der Waals surface area contributed by atoms with Gasteiger partial charge in [0.25, 0.3) is 0 Å². The number of esters is 3. The van der Waals surface area contributed by atoms with E-state index in [9.17, 15) is 14.4 Å². The second-order valence-electron chi connectivity index (χ2n) is 23.8. The number of rotatable bonds is 65. The van der Waals surface area contributed by atoms with Crippen LogP contribution in [0.2, 0.25) is 0 Å². The van der Waals surface area contributed by atoms with Gasteiger partial charge < -0.3 is 14.2 Å². The van der Waals surface area contributed by atoms with Gasteiger partial charge in [-0.15, -0.1) is 0 Å². The maximum Gasteiger partial charge on any atom is 0.306 e. The maximum absolute atomic E-state index is 12.9. The standard InChI is InChI=1S/C74H134O6/c1-4-7-10-13-16-19-22-25-27-28-29-30-31-32-33-34-35-36-37-38-39-40-41-42-43-44-45-46-47-50-52-55-58-61-64-67-73(76)79-70-71(69-78-72(75)66-63-60-57-54-51-48-24-21-18-15-12-9-6-3)80-74(77)68-65-62-59-56-53-49-26-23-20-17-14-11-8-5-2/h9,12,18,21-22,25,28-29,48,51,71H,4-8,10-11,13-17,19-20,23-24,26-27,30-47,49-50,52-70H2,1-3H3/b12-9-,21-18-,25-22-,29-28-,51-48-. The van der Waals surface area contributed by atoms with Crippen LogP contribution in [0.4, 0.5) is 0 Å². The van der Waals surface area contributed by atoms with Gasteiger partial charge in [0.05, 0.1) is 0 Å². The smallest absolute Gasteiger partial charge is 0.306 e. The van der Waals surface area contributed by atoms with Crippen LogP contribution in [0.25, 0.3) is 0 Å². The Hall–Kier alpha value is -2.89. The molecule has 1 atom stereocenters. The Labute approximate surface area is 498 Å². The van der Waals surface area contributed by atoms with E-state index in [-0.39, 0.29) is 31.1 Å². The molecule has 0 N–H and O–H groups in total. The summed E-state index contributed by atoms with van der Waals surface area (Å²) >= 11 is 0. The number of carbonyl (C=O) groups is 3. The molecular formula is C74H134O6. The zero-order valence-corrected chi connectivity index (χ0v) is 53.6. The van der Waals surface area contributed by atoms with Gasteiger partial charge in [0.2, 0.25) is 0 Å². The van der Waals surface area contributed by atoms with Crippen LogP contribution in [0.5, 0.6) is 0 Å². The summed E-state index contributed by atoms with van der Waals surface area (Å²) in [6.07, 6.45) is 88.5. The third-order valence-electron chi connectivity index (χ3n) is 15.8. The molecule has 6 heteroatoms. The van der Waals surface area contributed by atoms with E-state index in [0.29, 0.717) is 19.3 Å². The fourth-order valence-electron chi connectivity index (χ4n) is 10.5. The van der Waals surface area contributed by atoms with Gasteiger partial charge in [-0.1, -0.05) is 332 Å². The molecule has 0 aliphatic rings. The van der Waals surface area contributed by atoms with Crippen LogP contribution in [-0.2, 0) is 28.6 Å². The molecule has 6 nitrogen and oxygen atoms in total. The van der Waals surface area contributed by atoms with Crippen LogP contribution in [0.15, 0.2) is 60.8 Å². The summed E-state index contributed by atoms with van der Waals surface area (Å²) in [5.41, 5.74) is 0. The molecule has 0 aliphatic carbocycles. The van der Waals surface area contributed by atoms with Crippen molar-refractivity contribution in [1.82, 2.24) is 0 Å². The van der Waals surface area contributed by atoms with Crippen molar-refractivity contribution in [2.24, 2.45) is 0 Å². The second-order valence-corrected chi connectivity index (χ2v) is 23.8. The molecule has 0 saturated carbocycles. The molecular weight excluding hydrogens is 985 g/mol. The van der Waals surface area contributed by atoms with E-state index in [0.717, 1.165) is 89.9 Å². The third-order valence-corrected chi connectivity index (χ3v) is 15.8. The highest BCUT2D eigenvalue weighted by atomic mass is 16.6. The highest BCUT2D eigenvalue weighted by Crippen LogP contribution is 2.18. The first-order valence-electron chi connectivity index (χ1n) is 35.3. The van der Waals surface area contributed by atoms with Crippen molar-refractivity contribution in [1.29, 1.82) is 0 Å². The summed E-state index contributed by atoms with van der Waals surface area (Å²) in [7, 11) is 0. The second kappa shape index (κ2) is 68.6. The third kappa shape index (κ3) is 65.9. The Morgan fingerprint density at radius 1 is 0.263 bits per heavy atom. The molecule has 0 saturated heterocycles. The number of ether oxygens (including phenoxy) is 3. The predicted molar refractivity (Wildman–Crippen MR) is 348 cm³/mol. The lowest BCUT2D eigenvalue weighted by Crippen LogP contribution is -2.30. The molecule has 466 valence electrons. The highest BCUT2D eigenvalue weighted by molar-refractivity contribution is 5.71. The summed E-state index contributed by atoms with van der Waals surface area (Å²) < 4.78 is 16.9. The fraction of sp³-hybridized carbons (Fsp3) is 0.824. The first-order valence-corrected chi connectivity index (χ1v) is 35.3. The van der Waals surface area contributed by atoms with Crippen molar-refractivity contribution in [2.45, 2.75) is 380 Å². The van der Waals surface area contributed by atoms with E-state index >= 15 is 0 Å². The van der Waals surface area contributed by atoms with Crippen molar-refractivity contribution in [2.75, 3.05) is 13.2 Å². The van der Waals surface area contributed by atoms with Gasteiger partial charge in [-0.2, -0.15) is 0 Å². The molecule has 1 unspecified atom stereocenters. The summed E-state index contributed by atoms with van der Waals surface area (Å²) in [6, 6.07) is 0. The molecule has 0 aromatic rings. The minimum Gasteiger partial charge on any atom is -0.462 e. The van der Waals surface area contributed by atoms with Gasteiger partial charge in [0.15, 0.2) is 6.10 Å². The number of unbranched alkanes of at least 4 members (excludes halogenated alkanes) is 44. The summed E-state index contributed by atoms with van der Waals surface area (Å²) in [6.45, 7) is 6.54. The normalized spacial score (nSPS) is 12.4. The number of hydrogen-bond acceptors (Lipinski definition) is 6. The Bertz CT molecular complexity index is 1430. The van der Waals surface area contributed by atoms with Crippen molar-refractivity contribution < 1.29 is 28.6 Å². The monoisotopic (exact) mass is 1120 g/mol. The molecule has 0 radical (unpaired) electrons. The van der Waals surface area contributed by atoms with Gasteiger partial charge in [0.1, 0.15) is 13.2 Å². The van der Waals surface area contributed by atoms with Gasteiger partial charge in [0, 0.05) is 19.3 Å². The molecule has 0 rings (SSSR count). The fourth-order valence-corrected chi connectivity index (χ4v) is 10.5. The molecule has 80 heavy (non-hydrogen) atoms. The number of carbonyl (C=O) groups excluding carboxylic acids is 3. The average Bonchev–Trinajstić information content (AvgIpc) is 3.46. The minimum absolute atomic E-state index is 0.0782. The van der Waals surface area contributed by atoms with Gasteiger partial charge in [-0.3, -0.25) is 14.4 Å².